The average molecular weight is 298 g/mol. The zero-order valence-corrected chi connectivity index (χ0v) is 11.8. The topological polar surface area (TPSA) is 87.1 Å². The number of fused-ring (bicyclic) bond motifs is 1. The first-order chi connectivity index (χ1) is 9.15. The summed E-state index contributed by atoms with van der Waals surface area (Å²) in [7, 11) is 1.99. The number of anilines is 1. The lowest BCUT2D eigenvalue weighted by molar-refractivity contribution is -0.384. The molecule has 1 saturated heterocycles. The Bertz CT molecular complexity index is 623. The number of halogens is 1. The van der Waals surface area contributed by atoms with E-state index in [-0.39, 0.29) is 18.1 Å². The molecule has 1 aromatic heterocycles. The largest absolute Gasteiger partial charge is 0.341 e. The van der Waals surface area contributed by atoms with Gasteiger partial charge in [-0.2, -0.15) is 0 Å². The average Bonchev–Trinajstić information content (AvgIpc) is 3.06. The van der Waals surface area contributed by atoms with E-state index in [9.17, 15) is 10.1 Å². The molecule has 0 bridgehead atoms. The van der Waals surface area contributed by atoms with E-state index >= 15 is 0 Å². The lowest BCUT2D eigenvalue weighted by Gasteiger charge is -2.22. The van der Waals surface area contributed by atoms with Crippen LogP contribution >= 0.6 is 12.4 Å². The molecular weight excluding hydrogens is 282 g/mol. The van der Waals surface area contributed by atoms with Crippen LogP contribution in [0, 0.1) is 10.1 Å². The van der Waals surface area contributed by atoms with Gasteiger partial charge in [0.25, 0.3) is 5.69 Å². The number of nitro benzene ring substituents is 1. The first kappa shape index (κ1) is 14.5. The highest BCUT2D eigenvalue weighted by atomic mass is 35.5. The summed E-state index contributed by atoms with van der Waals surface area (Å²) in [5.74, 6) is 0.754. The van der Waals surface area contributed by atoms with Crippen LogP contribution in [0.2, 0.25) is 0 Å². The van der Waals surface area contributed by atoms with Crippen LogP contribution < -0.4 is 10.2 Å². The quantitative estimate of drug-likeness (QED) is 0.665. The van der Waals surface area contributed by atoms with E-state index in [1.807, 2.05) is 7.05 Å². The normalized spacial score (nSPS) is 17.9. The summed E-state index contributed by atoms with van der Waals surface area (Å²) in [4.78, 5) is 20.1. The van der Waals surface area contributed by atoms with Gasteiger partial charge in [-0.3, -0.25) is 10.1 Å². The molecule has 1 aliphatic rings. The molecule has 0 aliphatic carbocycles. The number of rotatable bonds is 3. The number of nitrogens with zero attached hydrogens (tertiary/aromatic N) is 3. The number of nitro groups is 1. The van der Waals surface area contributed by atoms with Crippen molar-refractivity contribution in [1.29, 1.82) is 0 Å². The molecule has 1 atom stereocenters. The summed E-state index contributed by atoms with van der Waals surface area (Å²) >= 11 is 0. The van der Waals surface area contributed by atoms with Gasteiger partial charge in [-0.25, -0.2) is 4.98 Å². The van der Waals surface area contributed by atoms with E-state index in [1.54, 1.807) is 6.07 Å². The molecule has 0 radical (unpaired) electrons. The van der Waals surface area contributed by atoms with E-state index in [4.69, 9.17) is 0 Å². The molecule has 7 nitrogen and oxygen atoms in total. The number of aromatic nitrogens is 2. The van der Waals surface area contributed by atoms with Gasteiger partial charge in [-0.15, -0.1) is 12.4 Å². The molecule has 1 aliphatic heterocycles. The first-order valence-corrected chi connectivity index (χ1v) is 6.23. The van der Waals surface area contributed by atoms with Crippen molar-refractivity contribution in [3.05, 3.63) is 28.3 Å². The van der Waals surface area contributed by atoms with Crippen molar-refractivity contribution < 1.29 is 4.92 Å². The molecule has 0 saturated carbocycles. The molecule has 108 valence electrons. The Morgan fingerprint density at radius 3 is 2.95 bits per heavy atom. The molecule has 0 spiro atoms. The van der Waals surface area contributed by atoms with E-state index < -0.39 is 4.92 Å². The smallest absolute Gasteiger partial charge is 0.271 e. The summed E-state index contributed by atoms with van der Waals surface area (Å²) < 4.78 is 0. The number of imidazole rings is 1. The Kier molecular flexibility index (Phi) is 4.10. The SMILES string of the molecule is CN(c1nc2ccc([N+](=O)[O-])cc2[nH]1)[C@H]1CCNC1.Cl. The Morgan fingerprint density at radius 1 is 1.50 bits per heavy atom. The monoisotopic (exact) mass is 297 g/mol. The van der Waals surface area contributed by atoms with Gasteiger partial charge in [0.1, 0.15) is 0 Å². The number of hydrogen-bond donors (Lipinski definition) is 2. The highest BCUT2D eigenvalue weighted by Crippen LogP contribution is 2.23. The standard InChI is InChI=1S/C12H15N5O2.ClH/c1-16(9-4-5-13-7-9)12-14-10-3-2-8(17(18)19)6-11(10)15-12;/h2-3,6,9,13H,4-5,7H2,1H3,(H,14,15);1H/t9-;/m0./s1. The van der Waals surface area contributed by atoms with Crippen molar-refractivity contribution in [2.75, 3.05) is 25.0 Å². The van der Waals surface area contributed by atoms with Gasteiger partial charge in [0.15, 0.2) is 0 Å². The van der Waals surface area contributed by atoms with E-state index in [1.165, 1.54) is 12.1 Å². The molecule has 1 aromatic carbocycles. The number of hydrogen-bond acceptors (Lipinski definition) is 5. The predicted molar refractivity (Wildman–Crippen MR) is 79.7 cm³/mol. The Hall–Kier alpha value is -1.86. The van der Waals surface area contributed by atoms with Gasteiger partial charge in [-0.05, 0) is 19.0 Å². The zero-order valence-electron chi connectivity index (χ0n) is 11.0. The number of aromatic amines is 1. The summed E-state index contributed by atoms with van der Waals surface area (Å²) in [6, 6.07) is 5.08. The Labute approximate surface area is 121 Å². The van der Waals surface area contributed by atoms with Crippen LogP contribution in [0.5, 0.6) is 0 Å². The van der Waals surface area contributed by atoms with Gasteiger partial charge < -0.3 is 15.2 Å². The van der Waals surface area contributed by atoms with Crippen LogP contribution in [0.1, 0.15) is 6.42 Å². The fourth-order valence-corrected chi connectivity index (χ4v) is 2.41. The Balaban J connectivity index is 0.00000147. The fourth-order valence-electron chi connectivity index (χ4n) is 2.41. The lowest BCUT2D eigenvalue weighted by atomic mass is 10.2. The van der Waals surface area contributed by atoms with Crippen LogP contribution in [0.3, 0.4) is 0 Å². The van der Waals surface area contributed by atoms with Crippen LogP contribution in [0.15, 0.2) is 18.2 Å². The van der Waals surface area contributed by atoms with E-state index in [2.05, 4.69) is 20.2 Å². The highest BCUT2D eigenvalue weighted by molar-refractivity contribution is 5.85. The van der Waals surface area contributed by atoms with Gasteiger partial charge >= 0.3 is 0 Å². The second-order valence-corrected chi connectivity index (χ2v) is 4.78. The molecule has 2 N–H and O–H groups in total. The maximum absolute atomic E-state index is 10.7. The number of non-ortho nitro benzene ring substituents is 1. The maximum Gasteiger partial charge on any atom is 0.271 e. The molecule has 3 rings (SSSR count). The fraction of sp³-hybridized carbons (Fsp3) is 0.417. The third kappa shape index (κ3) is 2.54. The molecule has 0 unspecified atom stereocenters. The van der Waals surface area contributed by atoms with E-state index in [0.717, 1.165) is 31.0 Å². The molecular formula is C12H16ClN5O2. The minimum absolute atomic E-state index is 0. The summed E-state index contributed by atoms with van der Waals surface area (Å²) in [5, 5.41) is 14.1. The molecule has 1 fully saturated rings. The molecule has 2 aromatic rings. The summed E-state index contributed by atoms with van der Waals surface area (Å²) in [6.07, 6.45) is 1.08. The minimum Gasteiger partial charge on any atom is -0.341 e. The van der Waals surface area contributed by atoms with Crippen LogP contribution in [-0.4, -0.2) is 41.1 Å². The van der Waals surface area contributed by atoms with Crippen molar-refractivity contribution >= 4 is 35.1 Å². The molecule has 0 amide bonds. The predicted octanol–water partition coefficient (Wildman–Crippen LogP) is 1.69. The molecule has 20 heavy (non-hydrogen) atoms. The second kappa shape index (κ2) is 5.64. The Morgan fingerprint density at radius 2 is 2.30 bits per heavy atom. The third-order valence-electron chi connectivity index (χ3n) is 3.58. The van der Waals surface area contributed by atoms with Crippen molar-refractivity contribution in [1.82, 2.24) is 15.3 Å². The van der Waals surface area contributed by atoms with Crippen LogP contribution in [0.25, 0.3) is 11.0 Å². The van der Waals surface area contributed by atoms with E-state index in [0.29, 0.717) is 11.6 Å². The molecule has 8 heteroatoms. The lowest BCUT2D eigenvalue weighted by Crippen LogP contribution is -2.34. The number of benzene rings is 1. The maximum atomic E-state index is 10.7. The van der Waals surface area contributed by atoms with Crippen molar-refractivity contribution in [3.63, 3.8) is 0 Å². The van der Waals surface area contributed by atoms with Gasteiger partial charge in [0.2, 0.25) is 5.95 Å². The van der Waals surface area contributed by atoms with Crippen LogP contribution in [-0.2, 0) is 0 Å². The van der Waals surface area contributed by atoms with Gasteiger partial charge in [0.05, 0.1) is 16.0 Å². The minimum atomic E-state index is -0.398. The zero-order chi connectivity index (χ0) is 13.4. The third-order valence-corrected chi connectivity index (χ3v) is 3.58. The van der Waals surface area contributed by atoms with Gasteiger partial charge in [0, 0.05) is 31.8 Å². The van der Waals surface area contributed by atoms with Crippen LogP contribution in [0.4, 0.5) is 11.6 Å². The molecule has 2 heterocycles. The summed E-state index contributed by atoms with van der Waals surface area (Å²) in [5.41, 5.74) is 1.52. The number of H-pyrrole nitrogens is 1. The van der Waals surface area contributed by atoms with Gasteiger partial charge in [-0.1, -0.05) is 0 Å². The van der Waals surface area contributed by atoms with Crippen molar-refractivity contribution in [3.8, 4) is 0 Å². The van der Waals surface area contributed by atoms with Crippen molar-refractivity contribution in [2.45, 2.75) is 12.5 Å². The summed E-state index contributed by atoms with van der Waals surface area (Å²) in [6.45, 7) is 1.95. The number of likely N-dealkylation sites (N-methyl/N-ethyl adjacent to an activating group) is 1. The second-order valence-electron chi connectivity index (χ2n) is 4.78. The highest BCUT2D eigenvalue weighted by Gasteiger charge is 2.21. The number of nitrogens with one attached hydrogen (secondary N) is 2. The first-order valence-electron chi connectivity index (χ1n) is 6.23. The van der Waals surface area contributed by atoms with Crippen molar-refractivity contribution in [2.24, 2.45) is 0 Å².